The van der Waals surface area contributed by atoms with Gasteiger partial charge in [0.25, 0.3) is 5.79 Å². The molecule has 1 N–H and O–H groups in total. The van der Waals surface area contributed by atoms with Crippen LogP contribution in [0, 0.1) is 34.0 Å². The smallest absolute Gasteiger partial charge is 0.315 e. The zero-order chi connectivity index (χ0) is 17.1. The summed E-state index contributed by atoms with van der Waals surface area (Å²) in [6, 6.07) is 0. The third-order valence-corrected chi connectivity index (χ3v) is 8.03. The molecule has 0 amide bonds. The molecule has 0 bridgehead atoms. The van der Waals surface area contributed by atoms with Crippen LogP contribution in [0.1, 0.15) is 46.0 Å². The van der Waals surface area contributed by atoms with Crippen LogP contribution >= 0.6 is 0 Å². The maximum absolute atomic E-state index is 13.2. The molecule has 5 aliphatic rings. The van der Waals surface area contributed by atoms with Gasteiger partial charge in [-0.15, -0.1) is 6.58 Å². The molecule has 24 heavy (non-hydrogen) atoms. The Morgan fingerprint density at radius 2 is 2.04 bits per heavy atom. The van der Waals surface area contributed by atoms with E-state index in [2.05, 4.69) is 13.5 Å². The van der Waals surface area contributed by atoms with Crippen LogP contribution < -0.4 is 0 Å². The SMILES string of the molecule is C=CC1(C)C=C2C(=O)C3(O)OC(=O)C4(C)CCC5CC5(C2CC1)C43. The molecule has 4 nitrogen and oxygen atoms in total. The topological polar surface area (TPSA) is 63.6 Å². The average molecular weight is 328 g/mol. The van der Waals surface area contributed by atoms with Gasteiger partial charge >= 0.3 is 5.97 Å². The van der Waals surface area contributed by atoms with Crippen LogP contribution in [0.3, 0.4) is 0 Å². The van der Waals surface area contributed by atoms with Gasteiger partial charge in [0.2, 0.25) is 5.78 Å². The van der Waals surface area contributed by atoms with Crippen LogP contribution in [0.4, 0.5) is 0 Å². The highest BCUT2D eigenvalue weighted by Crippen LogP contribution is 2.80. The normalized spacial score (nSPS) is 57.3. The number of Topliss-reactive ketones (excluding diaryl/α,β-unsaturated/α-hetero) is 1. The Morgan fingerprint density at radius 1 is 1.29 bits per heavy atom. The lowest BCUT2D eigenvalue weighted by Gasteiger charge is -2.52. The molecule has 0 aromatic rings. The summed E-state index contributed by atoms with van der Waals surface area (Å²) in [5, 5.41) is 11.2. The second-order valence-corrected chi connectivity index (χ2v) is 9.22. The van der Waals surface area contributed by atoms with Crippen molar-refractivity contribution < 1.29 is 19.4 Å². The molecule has 1 heterocycles. The van der Waals surface area contributed by atoms with E-state index >= 15 is 0 Å². The number of ketones is 1. The maximum Gasteiger partial charge on any atom is 0.315 e. The summed E-state index contributed by atoms with van der Waals surface area (Å²) in [4.78, 5) is 25.8. The number of allylic oxidation sites excluding steroid dienone is 2. The van der Waals surface area contributed by atoms with Gasteiger partial charge in [0.1, 0.15) is 0 Å². The van der Waals surface area contributed by atoms with E-state index in [9.17, 15) is 14.7 Å². The summed E-state index contributed by atoms with van der Waals surface area (Å²) in [6.07, 6.45) is 8.48. The number of carbonyl (C=O) groups is 2. The quantitative estimate of drug-likeness (QED) is 0.594. The molecular formula is C20H24O4. The minimum Gasteiger partial charge on any atom is -0.424 e. The Hall–Kier alpha value is -1.42. The fraction of sp³-hybridized carbons (Fsp3) is 0.700. The summed E-state index contributed by atoms with van der Waals surface area (Å²) in [5.41, 5.74) is -0.395. The van der Waals surface area contributed by atoms with E-state index < -0.39 is 11.2 Å². The molecule has 1 aliphatic heterocycles. The van der Waals surface area contributed by atoms with E-state index in [1.54, 1.807) is 0 Å². The molecule has 0 aromatic carbocycles. The first kappa shape index (κ1) is 14.9. The van der Waals surface area contributed by atoms with Gasteiger partial charge in [0.05, 0.1) is 11.3 Å². The number of hydrogen-bond acceptors (Lipinski definition) is 4. The van der Waals surface area contributed by atoms with Crippen LogP contribution in [-0.2, 0) is 14.3 Å². The van der Waals surface area contributed by atoms with Crippen molar-refractivity contribution in [3.63, 3.8) is 0 Å². The van der Waals surface area contributed by atoms with E-state index in [1.807, 2.05) is 19.1 Å². The minimum absolute atomic E-state index is 0.129. The summed E-state index contributed by atoms with van der Waals surface area (Å²) >= 11 is 0. The highest BCUT2D eigenvalue weighted by Gasteiger charge is 2.84. The van der Waals surface area contributed by atoms with Crippen LogP contribution in [0.2, 0.25) is 0 Å². The van der Waals surface area contributed by atoms with Crippen molar-refractivity contribution in [2.24, 2.45) is 34.0 Å². The van der Waals surface area contributed by atoms with Crippen molar-refractivity contribution in [2.45, 2.75) is 51.7 Å². The monoisotopic (exact) mass is 328 g/mol. The number of aliphatic hydroxyl groups is 1. The maximum atomic E-state index is 13.2. The van der Waals surface area contributed by atoms with E-state index in [4.69, 9.17) is 4.74 Å². The summed E-state index contributed by atoms with van der Waals surface area (Å²) in [7, 11) is 0. The van der Waals surface area contributed by atoms with Gasteiger partial charge in [-0.2, -0.15) is 0 Å². The lowest BCUT2D eigenvalue weighted by molar-refractivity contribution is -0.220. The number of hydrogen-bond donors (Lipinski definition) is 1. The van der Waals surface area contributed by atoms with Gasteiger partial charge in [-0.05, 0) is 56.3 Å². The van der Waals surface area contributed by atoms with E-state index in [-0.39, 0.29) is 34.4 Å². The molecule has 5 rings (SSSR count). The number of ether oxygens (including phenoxy) is 1. The zero-order valence-electron chi connectivity index (χ0n) is 14.3. The largest absolute Gasteiger partial charge is 0.424 e. The number of rotatable bonds is 1. The zero-order valence-corrected chi connectivity index (χ0v) is 14.3. The van der Waals surface area contributed by atoms with Crippen LogP contribution in [-0.4, -0.2) is 22.6 Å². The molecule has 3 saturated carbocycles. The molecular weight excluding hydrogens is 304 g/mol. The van der Waals surface area contributed by atoms with Crippen LogP contribution in [0.25, 0.3) is 0 Å². The van der Waals surface area contributed by atoms with Crippen LogP contribution in [0.15, 0.2) is 24.3 Å². The molecule has 128 valence electrons. The van der Waals surface area contributed by atoms with Gasteiger partial charge in [0, 0.05) is 11.0 Å². The van der Waals surface area contributed by atoms with Gasteiger partial charge in [0.15, 0.2) is 0 Å². The second-order valence-electron chi connectivity index (χ2n) is 9.22. The van der Waals surface area contributed by atoms with Crippen molar-refractivity contribution in [1.82, 2.24) is 0 Å². The van der Waals surface area contributed by atoms with Gasteiger partial charge < -0.3 is 9.84 Å². The highest BCUT2D eigenvalue weighted by atomic mass is 16.7. The van der Waals surface area contributed by atoms with Crippen molar-refractivity contribution in [1.29, 1.82) is 0 Å². The fourth-order valence-electron chi connectivity index (χ4n) is 6.73. The molecule has 0 aromatic heterocycles. The van der Waals surface area contributed by atoms with Gasteiger partial charge in [-0.25, -0.2) is 0 Å². The summed E-state index contributed by atoms with van der Waals surface area (Å²) in [6.45, 7) is 7.88. The molecule has 1 spiro atoms. The first-order valence-electron chi connectivity index (χ1n) is 9.08. The molecule has 7 atom stereocenters. The molecule has 4 fully saturated rings. The first-order chi connectivity index (χ1) is 11.2. The van der Waals surface area contributed by atoms with Gasteiger partial charge in [-0.3, -0.25) is 9.59 Å². The third-order valence-electron chi connectivity index (χ3n) is 8.03. The minimum atomic E-state index is -1.96. The molecule has 7 unspecified atom stereocenters. The standard InChI is InChI=1S/C20H24O4/c1-4-17(2)7-6-13-12(10-17)14(21)20(23)15-18(3,16(22)24-20)8-5-11-9-19(11,13)15/h4,10-11,13,15,23H,1,5-9H2,2-3H3. The van der Waals surface area contributed by atoms with Crippen molar-refractivity contribution in [2.75, 3.05) is 0 Å². The van der Waals surface area contributed by atoms with E-state index in [0.717, 1.165) is 25.7 Å². The van der Waals surface area contributed by atoms with Gasteiger partial charge in [-0.1, -0.05) is 19.1 Å². The first-order valence-corrected chi connectivity index (χ1v) is 9.08. The summed E-state index contributed by atoms with van der Waals surface area (Å²) in [5.74, 6) is -2.44. The Labute approximate surface area is 141 Å². The van der Waals surface area contributed by atoms with Crippen molar-refractivity contribution >= 4 is 11.8 Å². The summed E-state index contributed by atoms with van der Waals surface area (Å²) < 4.78 is 5.43. The van der Waals surface area contributed by atoms with E-state index in [1.165, 1.54) is 0 Å². The lowest BCUT2D eigenvalue weighted by atomic mass is 9.49. The lowest BCUT2D eigenvalue weighted by Crippen LogP contribution is -2.60. The van der Waals surface area contributed by atoms with E-state index in [0.29, 0.717) is 17.9 Å². The second kappa shape index (κ2) is 3.87. The Bertz CT molecular complexity index is 738. The average Bonchev–Trinajstić information content (AvgIpc) is 3.22. The highest BCUT2D eigenvalue weighted by molar-refractivity contribution is 6.06. The number of carbonyl (C=O) groups excluding carboxylic acids is 2. The predicted octanol–water partition coefficient (Wildman–Crippen LogP) is 2.77. The van der Waals surface area contributed by atoms with Crippen molar-refractivity contribution in [3.8, 4) is 0 Å². The fourth-order valence-corrected chi connectivity index (χ4v) is 6.73. The third kappa shape index (κ3) is 1.35. The Balaban J connectivity index is 1.74. The molecule has 0 radical (unpaired) electrons. The Kier molecular flexibility index (Phi) is 2.40. The number of fused-ring (bicyclic) bond motifs is 1. The molecule has 4 heteroatoms. The predicted molar refractivity (Wildman–Crippen MR) is 86.5 cm³/mol. The molecule has 1 saturated heterocycles. The Morgan fingerprint density at radius 3 is 2.75 bits per heavy atom. The number of esters is 1. The van der Waals surface area contributed by atoms with Crippen LogP contribution in [0.5, 0.6) is 0 Å². The molecule has 4 aliphatic carbocycles. The van der Waals surface area contributed by atoms with Crippen molar-refractivity contribution in [3.05, 3.63) is 24.3 Å².